The molecule has 0 saturated heterocycles. The van der Waals surface area contributed by atoms with E-state index in [2.05, 4.69) is 11.4 Å². The number of benzene rings is 2. The number of hydrogen-bond acceptors (Lipinski definition) is 2. The predicted octanol–water partition coefficient (Wildman–Crippen LogP) is 3.93. The molecule has 0 aliphatic carbocycles. The Hall–Kier alpha value is -1.87. The van der Waals surface area contributed by atoms with Crippen LogP contribution in [-0.4, -0.2) is 13.6 Å². The van der Waals surface area contributed by atoms with Gasteiger partial charge < -0.3 is 10.1 Å². The molecule has 1 heterocycles. The van der Waals surface area contributed by atoms with Crippen LogP contribution < -0.4 is 10.1 Å². The first-order valence-corrected chi connectivity index (χ1v) is 6.99. The third-order valence-electron chi connectivity index (χ3n) is 3.70. The SMILES string of the molecule is CNCCCC1Oc2ccc(F)cc2-c2ccccc21. The number of halogens is 1. The highest BCUT2D eigenvalue weighted by Gasteiger charge is 2.25. The zero-order chi connectivity index (χ0) is 13.9. The van der Waals surface area contributed by atoms with E-state index < -0.39 is 0 Å². The van der Waals surface area contributed by atoms with Gasteiger partial charge in [0.15, 0.2) is 0 Å². The number of rotatable bonds is 4. The summed E-state index contributed by atoms with van der Waals surface area (Å²) in [5.74, 6) is 0.551. The fraction of sp³-hybridized carbons (Fsp3) is 0.294. The van der Waals surface area contributed by atoms with Gasteiger partial charge in [-0.1, -0.05) is 24.3 Å². The summed E-state index contributed by atoms with van der Waals surface area (Å²) in [5.41, 5.74) is 3.09. The van der Waals surface area contributed by atoms with Crippen molar-refractivity contribution in [1.82, 2.24) is 5.32 Å². The van der Waals surface area contributed by atoms with Crippen LogP contribution in [0.4, 0.5) is 4.39 Å². The summed E-state index contributed by atoms with van der Waals surface area (Å²) in [7, 11) is 1.95. The zero-order valence-corrected chi connectivity index (χ0v) is 11.5. The summed E-state index contributed by atoms with van der Waals surface area (Å²) in [6.07, 6.45) is 2.05. The van der Waals surface area contributed by atoms with Crippen LogP contribution in [-0.2, 0) is 0 Å². The highest BCUT2D eigenvalue weighted by Crippen LogP contribution is 2.43. The van der Waals surface area contributed by atoms with Crippen LogP contribution >= 0.6 is 0 Å². The number of ether oxygens (including phenoxy) is 1. The lowest BCUT2D eigenvalue weighted by atomic mass is 9.91. The van der Waals surface area contributed by atoms with Gasteiger partial charge in [-0.2, -0.15) is 0 Å². The first-order valence-electron chi connectivity index (χ1n) is 6.99. The van der Waals surface area contributed by atoms with E-state index in [4.69, 9.17) is 4.74 Å². The van der Waals surface area contributed by atoms with Crippen molar-refractivity contribution in [1.29, 1.82) is 0 Å². The van der Waals surface area contributed by atoms with Crippen molar-refractivity contribution in [3.63, 3.8) is 0 Å². The maximum atomic E-state index is 13.5. The molecule has 0 spiro atoms. The van der Waals surface area contributed by atoms with Crippen molar-refractivity contribution in [3.05, 3.63) is 53.8 Å². The summed E-state index contributed by atoms with van der Waals surface area (Å²) in [4.78, 5) is 0. The van der Waals surface area contributed by atoms with Crippen molar-refractivity contribution in [3.8, 4) is 16.9 Å². The molecular formula is C17H18FNO. The van der Waals surface area contributed by atoms with Gasteiger partial charge in [-0.15, -0.1) is 0 Å². The van der Waals surface area contributed by atoms with Crippen LogP contribution in [0.3, 0.4) is 0 Å². The molecule has 0 saturated carbocycles. The topological polar surface area (TPSA) is 21.3 Å². The molecule has 3 heteroatoms. The van der Waals surface area contributed by atoms with Crippen LogP contribution in [0.2, 0.25) is 0 Å². The van der Waals surface area contributed by atoms with Crippen LogP contribution in [0.5, 0.6) is 5.75 Å². The average molecular weight is 271 g/mol. The van der Waals surface area contributed by atoms with Gasteiger partial charge in [-0.3, -0.25) is 0 Å². The van der Waals surface area contributed by atoms with E-state index in [1.165, 1.54) is 6.07 Å². The molecule has 1 N–H and O–H groups in total. The minimum absolute atomic E-state index is 0.0533. The fourth-order valence-electron chi connectivity index (χ4n) is 2.73. The molecule has 2 nitrogen and oxygen atoms in total. The molecule has 0 amide bonds. The van der Waals surface area contributed by atoms with E-state index in [1.54, 1.807) is 12.1 Å². The van der Waals surface area contributed by atoms with Gasteiger partial charge in [0.2, 0.25) is 0 Å². The lowest BCUT2D eigenvalue weighted by Gasteiger charge is -2.29. The van der Waals surface area contributed by atoms with Gasteiger partial charge in [-0.05, 0) is 50.2 Å². The normalized spacial score (nSPS) is 16.2. The molecule has 20 heavy (non-hydrogen) atoms. The van der Waals surface area contributed by atoms with Gasteiger partial charge in [0, 0.05) is 11.1 Å². The van der Waals surface area contributed by atoms with Gasteiger partial charge in [0.1, 0.15) is 17.7 Å². The summed E-state index contributed by atoms with van der Waals surface area (Å²) in [6, 6.07) is 12.9. The summed E-state index contributed by atoms with van der Waals surface area (Å²) in [5, 5.41) is 3.15. The summed E-state index contributed by atoms with van der Waals surface area (Å²) >= 11 is 0. The summed E-state index contributed by atoms with van der Waals surface area (Å²) in [6.45, 7) is 0.971. The van der Waals surface area contributed by atoms with E-state index in [-0.39, 0.29) is 11.9 Å². The molecule has 0 fully saturated rings. The molecule has 0 aromatic heterocycles. The molecule has 0 bridgehead atoms. The second-order valence-corrected chi connectivity index (χ2v) is 5.08. The van der Waals surface area contributed by atoms with Gasteiger partial charge in [-0.25, -0.2) is 4.39 Å². The minimum Gasteiger partial charge on any atom is -0.485 e. The smallest absolute Gasteiger partial charge is 0.128 e. The maximum Gasteiger partial charge on any atom is 0.128 e. The highest BCUT2D eigenvalue weighted by atomic mass is 19.1. The van der Waals surface area contributed by atoms with Gasteiger partial charge in [0.25, 0.3) is 0 Å². The number of fused-ring (bicyclic) bond motifs is 3. The largest absolute Gasteiger partial charge is 0.485 e. The van der Waals surface area contributed by atoms with E-state index in [1.807, 2.05) is 25.2 Å². The van der Waals surface area contributed by atoms with Crippen molar-refractivity contribution in [2.45, 2.75) is 18.9 Å². The Balaban J connectivity index is 1.97. The molecule has 1 atom stereocenters. The van der Waals surface area contributed by atoms with E-state index in [9.17, 15) is 4.39 Å². The first-order chi connectivity index (χ1) is 9.79. The second kappa shape index (κ2) is 5.63. The van der Waals surface area contributed by atoms with Crippen LogP contribution in [0, 0.1) is 5.82 Å². The molecule has 2 aromatic rings. The minimum atomic E-state index is -0.226. The molecule has 1 aliphatic rings. The van der Waals surface area contributed by atoms with E-state index in [0.717, 1.165) is 41.8 Å². The first kappa shape index (κ1) is 13.1. The van der Waals surface area contributed by atoms with Crippen LogP contribution in [0.1, 0.15) is 24.5 Å². The van der Waals surface area contributed by atoms with Crippen molar-refractivity contribution < 1.29 is 9.13 Å². The Labute approximate surface area is 118 Å². The predicted molar refractivity (Wildman–Crippen MR) is 78.4 cm³/mol. The quantitative estimate of drug-likeness (QED) is 0.851. The standard InChI is InChI=1S/C17H18FNO/c1-19-10-4-7-16-14-6-3-2-5-13(14)15-11-12(18)8-9-17(15)20-16/h2-3,5-6,8-9,11,16,19H,4,7,10H2,1H3. The molecule has 1 aliphatic heterocycles. The third kappa shape index (κ3) is 2.41. The lowest BCUT2D eigenvalue weighted by Crippen LogP contribution is -2.16. The molecule has 104 valence electrons. The zero-order valence-electron chi connectivity index (χ0n) is 11.5. The molecule has 3 rings (SSSR count). The lowest BCUT2D eigenvalue weighted by molar-refractivity contribution is 0.188. The van der Waals surface area contributed by atoms with E-state index in [0.29, 0.717) is 0 Å². The summed E-state index contributed by atoms with van der Waals surface area (Å²) < 4.78 is 19.5. The maximum absolute atomic E-state index is 13.5. The van der Waals surface area contributed by atoms with Gasteiger partial charge >= 0.3 is 0 Å². The molecular weight excluding hydrogens is 253 g/mol. The van der Waals surface area contributed by atoms with E-state index >= 15 is 0 Å². The molecule has 2 aromatic carbocycles. The Kier molecular flexibility index (Phi) is 3.70. The Morgan fingerprint density at radius 1 is 1.15 bits per heavy atom. The van der Waals surface area contributed by atoms with Crippen molar-refractivity contribution in [2.75, 3.05) is 13.6 Å². The Morgan fingerprint density at radius 3 is 2.85 bits per heavy atom. The highest BCUT2D eigenvalue weighted by molar-refractivity contribution is 5.75. The Bertz CT molecular complexity index is 612. The van der Waals surface area contributed by atoms with Crippen LogP contribution in [0.25, 0.3) is 11.1 Å². The second-order valence-electron chi connectivity index (χ2n) is 5.08. The number of hydrogen-bond donors (Lipinski definition) is 1. The fourth-order valence-corrected chi connectivity index (χ4v) is 2.73. The average Bonchev–Trinajstić information content (AvgIpc) is 2.48. The van der Waals surface area contributed by atoms with Crippen LogP contribution in [0.15, 0.2) is 42.5 Å². The van der Waals surface area contributed by atoms with Gasteiger partial charge in [0.05, 0.1) is 0 Å². The Morgan fingerprint density at radius 2 is 2.00 bits per heavy atom. The number of nitrogens with one attached hydrogen (secondary N) is 1. The monoisotopic (exact) mass is 271 g/mol. The molecule has 0 radical (unpaired) electrons. The van der Waals surface area contributed by atoms with Crippen molar-refractivity contribution in [2.24, 2.45) is 0 Å². The molecule has 1 unspecified atom stereocenters. The van der Waals surface area contributed by atoms with Crippen molar-refractivity contribution >= 4 is 0 Å². The third-order valence-corrected chi connectivity index (χ3v) is 3.70.